The molecule has 5 heteroatoms. The molecule has 1 aromatic carbocycles. The molecule has 1 rings (SSSR count). The molecule has 0 saturated heterocycles. The highest BCUT2D eigenvalue weighted by Gasteiger charge is 2.22. The second kappa shape index (κ2) is 7.21. The molecule has 0 spiro atoms. The van der Waals surface area contributed by atoms with Crippen LogP contribution in [0.1, 0.15) is 18.9 Å². The van der Waals surface area contributed by atoms with E-state index in [0.717, 1.165) is 5.56 Å². The van der Waals surface area contributed by atoms with E-state index in [1.807, 2.05) is 30.3 Å². The van der Waals surface area contributed by atoms with Crippen molar-refractivity contribution in [2.45, 2.75) is 25.9 Å². The highest BCUT2D eigenvalue weighted by molar-refractivity contribution is 6.38. The lowest BCUT2D eigenvalue weighted by atomic mass is 10.1. The highest BCUT2D eigenvalue weighted by Crippen LogP contribution is 1.98. The van der Waals surface area contributed by atoms with Gasteiger partial charge in [0.15, 0.2) is 0 Å². The van der Waals surface area contributed by atoms with Gasteiger partial charge in [-0.3, -0.25) is 14.4 Å². The van der Waals surface area contributed by atoms with E-state index >= 15 is 0 Å². The van der Waals surface area contributed by atoms with Crippen molar-refractivity contribution >= 4 is 18.1 Å². The number of benzene rings is 1. The van der Waals surface area contributed by atoms with Crippen molar-refractivity contribution in [1.29, 1.82) is 0 Å². The van der Waals surface area contributed by atoms with Gasteiger partial charge in [0.05, 0.1) is 6.04 Å². The maximum Gasteiger partial charge on any atom is 0.289 e. The lowest BCUT2D eigenvalue weighted by Crippen LogP contribution is -2.44. The lowest BCUT2D eigenvalue weighted by Gasteiger charge is -2.12. The van der Waals surface area contributed by atoms with Crippen LogP contribution in [-0.2, 0) is 20.9 Å². The van der Waals surface area contributed by atoms with E-state index in [-0.39, 0.29) is 0 Å². The summed E-state index contributed by atoms with van der Waals surface area (Å²) in [4.78, 5) is 33.5. The van der Waals surface area contributed by atoms with Gasteiger partial charge in [-0.2, -0.15) is 0 Å². The first-order valence-electron chi connectivity index (χ1n) is 5.74. The van der Waals surface area contributed by atoms with Crippen molar-refractivity contribution in [1.82, 2.24) is 10.6 Å². The summed E-state index contributed by atoms with van der Waals surface area (Å²) in [5.41, 5.74) is 0.912. The van der Waals surface area contributed by atoms with Gasteiger partial charge in [-0.05, 0) is 12.0 Å². The van der Waals surface area contributed by atoms with Crippen LogP contribution in [0.15, 0.2) is 30.3 Å². The van der Waals surface area contributed by atoms with Gasteiger partial charge < -0.3 is 10.6 Å². The zero-order valence-electron chi connectivity index (χ0n) is 10.2. The van der Waals surface area contributed by atoms with Crippen molar-refractivity contribution < 1.29 is 14.4 Å². The molecule has 96 valence electrons. The first-order chi connectivity index (χ1) is 8.69. The fourth-order valence-corrected chi connectivity index (χ4v) is 1.48. The number of rotatable bonds is 7. The van der Waals surface area contributed by atoms with Gasteiger partial charge in [0.25, 0.3) is 5.91 Å². The van der Waals surface area contributed by atoms with E-state index < -0.39 is 17.7 Å². The Morgan fingerprint density at radius 3 is 2.50 bits per heavy atom. The molecule has 1 atom stereocenters. The Morgan fingerprint density at radius 1 is 1.28 bits per heavy atom. The molecule has 1 aromatic rings. The molecule has 0 aliphatic carbocycles. The molecule has 0 fully saturated rings. The third kappa shape index (κ3) is 4.01. The number of ketones is 1. The van der Waals surface area contributed by atoms with Crippen LogP contribution in [0.4, 0.5) is 0 Å². The van der Waals surface area contributed by atoms with Crippen LogP contribution in [0.3, 0.4) is 0 Å². The monoisotopic (exact) mass is 248 g/mol. The molecule has 0 unspecified atom stereocenters. The van der Waals surface area contributed by atoms with Gasteiger partial charge in [-0.25, -0.2) is 0 Å². The van der Waals surface area contributed by atoms with E-state index in [1.54, 1.807) is 6.92 Å². The molecule has 0 heterocycles. The van der Waals surface area contributed by atoms with Gasteiger partial charge in [-0.15, -0.1) is 0 Å². The largest absolute Gasteiger partial charge is 0.348 e. The normalized spacial score (nSPS) is 11.4. The molecule has 0 aliphatic heterocycles. The Hall–Kier alpha value is -2.17. The van der Waals surface area contributed by atoms with Crippen molar-refractivity contribution in [2.75, 3.05) is 0 Å². The summed E-state index contributed by atoms with van der Waals surface area (Å²) >= 11 is 0. The standard InChI is InChI=1S/C13H16N2O3/c1-2-11(15-9-16)12(17)13(18)14-8-10-6-4-3-5-7-10/h3-7,9,11H,2,8H2,1H3,(H,14,18)(H,15,16)/t11-/m0/s1. The topological polar surface area (TPSA) is 75.3 Å². The molecule has 18 heavy (non-hydrogen) atoms. The van der Waals surface area contributed by atoms with E-state index in [4.69, 9.17) is 0 Å². The number of carbonyl (C=O) groups is 3. The van der Waals surface area contributed by atoms with Gasteiger partial charge >= 0.3 is 0 Å². The molecular weight excluding hydrogens is 232 g/mol. The van der Waals surface area contributed by atoms with Crippen LogP contribution in [0.25, 0.3) is 0 Å². The molecule has 0 aromatic heterocycles. The van der Waals surface area contributed by atoms with Gasteiger partial charge in [-0.1, -0.05) is 37.3 Å². The van der Waals surface area contributed by atoms with Crippen LogP contribution in [-0.4, -0.2) is 24.1 Å². The van der Waals surface area contributed by atoms with Crippen LogP contribution < -0.4 is 10.6 Å². The van der Waals surface area contributed by atoms with Gasteiger partial charge in [0, 0.05) is 6.54 Å². The molecule has 0 radical (unpaired) electrons. The summed E-state index contributed by atoms with van der Waals surface area (Å²) in [6, 6.07) is 8.53. The van der Waals surface area contributed by atoms with E-state index in [2.05, 4.69) is 10.6 Å². The molecular formula is C13H16N2O3. The fraction of sp³-hybridized carbons (Fsp3) is 0.308. The Labute approximate surface area is 106 Å². The van der Waals surface area contributed by atoms with Crippen LogP contribution in [0.2, 0.25) is 0 Å². The third-order valence-corrected chi connectivity index (χ3v) is 2.51. The zero-order chi connectivity index (χ0) is 13.4. The Bertz CT molecular complexity index is 418. The minimum atomic E-state index is -0.752. The molecule has 0 bridgehead atoms. The minimum Gasteiger partial charge on any atom is -0.348 e. The van der Waals surface area contributed by atoms with E-state index in [1.165, 1.54) is 0 Å². The fourth-order valence-electron chi connectivity index (χ4n) is 1.48. The summed E-state index contributed by atoms with van der Waals surface area (Å²) in [6.07, 6.45) is 0.812. The maximum atomic E-state index is 11.7. The summed E-state index contributed by atoms with van der Waals surface area (Å²) in [7, 11) is 0. The first kappa shape index (κ1) is 13.9. The van der Waals surface area contributed by atoms with Crippen LogP contribution in [0.5, 0.6) is 0 Å². The summed E-state index contributed by atoms with van der Waals surface area (Å²) in [5, 5.41) is 4.85. The smallest absolute Gasteiger partial charge is 0.289 e. The zero-order valence-corrected chi connectivity index (χ0v) is 10.2. The predicted molar refractivity (Wildman–Crippen MR) is 66.6 cm³/mol. The number of carbonyl (C=O) groups excluding carboxylic acids is 3. The summed E-state index contributed by atoms with van der Waals surface area (Å²) in [6.45, 7) is 2.02. The molecule has 2 amide bonds. The Kier molecular flexibility index (Phi) is 5.57. The van der Waals surface area contributed by atoms with E-state index in [0.29, 0.717) is 19.4 Å². The summed E-state index contributed by atoms with van der Waals surface area (Å²) < 4.78 is 0. The number of hydrogen-bond donors (Lipinski definition) is 2. The molecule has 2 N–H and O–H groups in total. The van der Waals surface area contributed by atoms with Crippen molar-refractivity contribution in [3.05, 3.63) is 35.9 Å². The first-order valence-corrected chi connectivity index (χ1v) is 5.74. The predicted octanol–water partition coefficient (Wildman–Crippen LogP) is 0.397. The maximum absolute atomic E-state index is 11.7. The lowest BCUT2D eigenvalue weighted by molar-refractivity contribution is -0.139. The second-order valence-corrected chi connectivity index (χ2v) is 3.78. The van der Waals surface area contributed by atoms with Crippen molar-refractivity contribution in [2.24, 2.45) is 0 Å². The van der Waals surface area contributed by atoms with Crippen molar-refractivity contribution in [3.8, 4) is 0 Å². The molecule has 0 aliphatic rings. The minimum absolute atomic E-state index is 0.295. The number of hydrogen-bond acceptors (Lipinski definition) is 3. The third-order valence-electron chi connectivity index (χ3n) is 2.51. The van der Waals surface area contributed by atoms with Gasteiger partial charge in [0.1, 0.15) is 0 Å². The quantitative estimate of drug-likeness (QED) is 0.541. The highest BCUT2D eigenvalue weighted by atomic mass is 16.2. The Balaban J connectivity index is 2.49. The van der Waals surface area contributed by atoms with Crippen LogP contribution >= 0.6 is 0 Å². The SMILES string of the molecule is CC[C@H](NC=O)C(=O)C(=O)NCc1ccccc1. The van der Waals surface area contributed by atoms with Crippen molar-refractivity contribution in [3.63, 3.8) is 0 Å². The number of nitrogens with one attached hydrogen (secondary N) is 2. The number of amides is 2. The average molecular weight is 248 g/mol. The second-order valence-electron chi connectivity index (χ2n) is 3.78. The molecule has 5 nitrogen and oxygen atoms in total. The van der Waals surface area contributed by atoms with Crippen LogP contribution in [0, 0.1) is 0 Å². The number of Topliss-reactive ketones (excluding diaryl/α,β-unsaturated/α-hetero) is 1. The van der Waals surface area contributed by atoms with E-state index in [9.17, 15) is 14.4 Å². The van der Waals surface area contributed by atoms with Gasteiger partial charge in [0.2, 0.25) is 12.2 Å². The molecule has 0 saturated carbocycles. The summed E-state index contributed by atoms with van der Waals surface area (Å²) in [5.74, 6) is -1.31. The Morgan fingerprint density at radius 2 is 1.94 bits per heavy atom. The average Bonchev–Trinajstić information content (AvgIpc) is 2.42.